The molecule has 0 fully saturated rings. The third-order valence-corrected chi connectivity index (χ3v) is 3.58. The third-order valence-electron chi connectivity index (χ3n) is 3.58. The number of ether oxygens (including phenoxy) is 1. The van der Waals surface area contributed by atoms with E-state index in [1.165, 1.54) is 0 Å². The van der Waals surface area contributed by atoms with Gasteiger partial charge in [-0.05, 0) is 36.4 Å². The maximum Gasteiger partial charge on any atom is 0.150 e. The molecule has 112 valence electrons. The molecule has 0 radical (unpaired) electrons. The zero-order valence-electron chi connectivity index (χ0n) is 12.4. The number of aromatic amines is 1. The summed E-state index contributed by atoms with van der Waals surface area (Å²) in [5, 5.41) is 4.46. The zero-order valence-corrected chi connectivity index (χ0v) is 12.4. The van der Waals surface area contributed by atoms with Gasteiger partial charge in [-0.15, -0.1) is 0 Å². The summed E-state index contributed by atoms with van der Waals surface area (Å²) in [5.74, 6) is 1.58. The van der Waals surface area contributed by atoms with Gasteiger partial charge in [0.2, 0.25) is 0 Å². The van der Waals surface area contributed by atoms with Gasteiger partial charge in [-0.2, -0.15) is 0 Å². The van der Waals surface area contributed by atoms with Crippen molar-refractivity contribution in [2.75, 3.05) is 5.32 Å². The molecule has 2 N–H and O–H groups in total. The Morgan fingerprint density at radius 3 is 2.57 bits per heavy atom. The molecule has 0 spiro atoms. The molecule has 4 aromatic rings. The molecule has 0 saturated carbocycles. The minimum absolute atomic E-state index is 0.775. The fourth-order valence-electron chi connectivity index (χ4n) is 2.48. The summed E-state index contributed by atoms with van der Waals surface area (Å²) in [5.41, 5.74) is 2.73. The molecule has 0 unspecified atom stereocenters. The fraction of sp³-hybridized carbons (Fsp3) is 0. The molecule has 0 saturated heterocycles. The Morgan fingerprint density at radius 1 is 0.826 bits per heavy atom. The SMILES string of the molecule is c1ccc(Oc2ccccc2Nc2c[nH]c3ncccc23)cc1. The van der Waals surface area contributed by atoms with Crippen molar-refractivity contribution in [3.05, 3.63) is 79.1 Å². The molecular formula is C19H15N3O. The molecule has 2 aromatic carbocycles. The van der Waals surface area contributed by atoms with Gasteiger partial charge in [0.05, 0.1) is 11.4 Å². The maximum absolute atomic E-state index is 5.98. The first kappa shape index (κ1) is 13.4. The lowest BCUT2D eigenvalue weighted by Gasteiger charge is -2.12. The Balaban J connectivity index is 1.67. The summed E-state index contributed by atoms with van der Waals surface area (Å²) in [6.07, 6.45) is 3.69. The van der Waals surface area contributed by atoms with Gasteiger partial charge < -0.3 is 15.0 Å². The van der Waals surface area contributed by atoms with Crippen molar-refractivity contribution >= 4 is 22.4 Å². The number of benzene rings is 2. The van der Waals surface area contributed by atoms with Crippen LogP contribution in [0, 0.1) is 0 Å². The van der Waals surface area contributed by atoms with Crippen molar-refractivity contribution in [1.29, 1.82) is 0 Å². The lowest BCUT2D eigenvalue weighted by molar-refractivity contribution is 0.485. The van der Waals surface area contributed by atoms with E-state index >= 15 is 0 Å². The molecule has 0 aliphatic rings. The topological polar surface area (TPSA) is 49.9 Å². The molecule has 2 aromatic heterocycles. The first-order chi connectivity index (χ1) is 11.4. The normalized spacial score (nSPS) is 10.6. The minimum atomic E-state index is 0.775. The van der Waals surface area contributed by atoms with E-state index in [-0.39, 0.29) is 0 Å². The van der Waals surface area contributed by atoms with Gasteiger partial charge in [-0.25, -0.2) is 4.98 Å². The molecule has 4 heteroatoms. The smallest absolute Gasteiger partial charge is 0.150 e. The van der Waals surface area contributed by atoms with Crippen molar-refractivity contribution in [2.24, 2.45) is 0 Å². The van der Waals surface area contributed by atoms with Gasteiger partial charge in [-0.1, -0.05) is 30.3 Å². The van der Waals surface area contributed by atoms with Crippen LogP contribution in [-0.2, 0) is 0 Å². The molecule has 4 rings (SSSR count). The Morgan fingerprint density at radius 2 is 1.65 bits per heavy atom. The number of anilines is 2. The van der Waals surface area contributed by atoms with Gasteiger partial charge >= 0.3 is 0 Å². The van der Waals surface area contributed by atoms with Crippen LogP contribution in [0.15, 0.2) is 79.1 Å². The predicted octanol–water partition coefficient (Wildman–Crippen LogP) is 5.10. The highest BCUT2D eigenvalue weighted by atomic mass is 16.5. The summed E-state index contributed by atoms with van der Waals surface area (Å²) in [4.78, 5) is 7.47. The number of hydrogen-bond acceptors (Lipinski definition) is 3. The van der Waals surface area contributed by atoms with Crippen molar-refractivity contribution in [3.8, 4) is 11.5 Å². The van der Waals surface area contributed by atoms with E-state index in [9.17, 15) is 0 Å². The molecule has 23 heavy (non-hydrogen) atoms. The summed E-state index contributed by atoms with van der Waals surface area (Å²) >= 11 is 0. The number of pyridine rings is 1. The largest absolute Gasteiger partial charge is 0.455 e. The molecule has 0 bridgehead atoms. The van der Waals surface area contributed by atoms with Crippen LogP contribution in [0.3, 0.4) is 0 Å². The van der Waals surface area contributed by atoms with Crippen LogP contribution in [-0.4, -0.2) is 9.97 Å². The number of aromatic nitrogens is 2. The van der Waals surface area contributed by atoms with Crippen LogP contribution in [0.5, 0.6) is 11.5 Å². The second kappa shape index (κ2) is 5.85. The number of nitrogens with zero attached hydrogens (tertiary/aromatic N) is 1. The first-order valence-corrected chi connectivity index (χ1v) is 7.41. The van der Waals surface area contributed by atoms with E-state index in [0.717, 1.165) is 33.9 Å². The third kappa shape index (κ3) is 2.74. The lowest BCUT2D eigenvalue weighted by atomic mass is 10.2. The lowest BCUT2D eigenvalue weighted by Crippen LogP contribution is -1.93. The van der Waals surface area contributed by atoms with Crippen LogP contribution in [0.2, 0.25) is 0 Å². The summed E-state index contributed by atoms with van der Waals surface area (Å²) < 4.78 is 5.98. The first-order valence-electron chi connectivity index (χ1n) is 7.41. The van der Waals surface area contributed by atoms with E-state index in [0.29, 0.717) is 0 Å². The van der Waals surface area contributed by atoms with E-state index in [1.54, 1.807) is 6.20 Å². The minimum Gasteiger partial charge on any atom is -0.455 e. The second-order valence-corrected chi connectivity index (χ2v) is 5.14. The van der Waals surface area contributed by atoms with Gasteiger partial charge in [0.15, 0.2) is 5.75 Å². The van der Waals surface area contributed by atoms with Crippen LogP contribution in [0.4, 0.5) is 11.4 Å². The number of fused-ring (bicyclic) bond motifs is 1. The van der Waals surface area contributed by atoms with E-state index in [4.69, 9.17) is 4.74 Å². The highest BCUT2D eigenvalue weighted by Gasteiger charge is 2.08. The molecular weight excluding hydrogens is 286 g/mol. The van der Waals surface area contributed by atoms with Gasteiger partial charge in [0.25, 0.3) is 0 Å². The molecule has 0 atom stereocenters. The Kier molecular flexibility index (Phi) is 3.41. The molecule has 2 heterocycles. The molecule has 4 nitrogen and oxygen atoms in total. The Labute approximate surface area is 133 Å². The van der Waals surface area contributed by atoms with Crippen molar-refractivity contribution < 1.29 is 4.74 Å². The molecule has 0 aliphatic carbocycles. The van der Waals surface area contributed by atoms with Crippen LogP contribution < -0.4 is 10.1 Å². The Bertz CT molecular complexity index is 931. The average molecular weight is 301 g/mol. The standard InChI is InChI=1S/C19H15N3O/c1-2-7-14(8-3-1)23-18-11-5-4-10-16(18)22-17-13-21-19-15(17)9-6-12-20-19/h1-13,22H,(H,20,21). The number of H-pyrrole nitrogens is 1. The summed E-state index contributed by atoms with van der Waals surface area (Å²) in [6, 6.07) is 21.6. The van der Waals surface area contributed by atoms with E-state index in [2.05, 4.69) is 15.3 Å². The molecule has 0 amide bonds. The van der Waals surface area contributed by atoms with Crippen LogP contribution in [0.25, 0.3) is 11.0 Å². The van der Waals surface area contributed by atoms with Gasteiger partial charge in [0, 0.05) is 17.8 Å². The number of nitrogens with one attached hydrogen (secondary N) is 2. The van der Waals surface area contributed by atoms with Crippen molar-refractivity contribution in [3.63, 3.8) is 0 Å². The quantitative estimate of drug-likeness (QED) is 0.551. The van der Waals surface area contributed by atoms with E-state index in [1.807, 2.05) is 72.9 Å². The predicted molar refractivity (Wildman–Crippen MR) is 92.3 cm³/mol. The Hall–Kier alpha value is -3.27. The van der Waals surface area contributed by atoms with Gasteiger partial charge in [0.1, 0.15) is 11.4 Å². The maximum atomic E-state index is 5.98. The number of para-hydroxylation sites is 3. The van der Waals surface area contributed by atoms with Crippen molar-refractivity contribution in [2.45, 2.75) is 0 Å². The zero-order chi connectivity index (χ0) is 15.5. The second-order valence-electron chi connectivity index (χ2n) is 5.14. The summed E-state index contributed by atoms with van der Waals surface area (Å²) in [6.45, 7) is 0. The van der Waals surface area contributed by atoms with Crippen LogP contribution in [0.1, 0.15) is 0 Å². The van der Waals surface area contributed by atoms with Gasteiger partial charge in [-0.3, -0.25) is 0 Å². The van der Waals surface area contributed by atoms with Crippen molar-refractivity contribution in [1.82, 2.24) is 9.97 Å². The number of hydrogen-bond donors (Lipinski definition) is 2. The highest BCUT2D eigenvalue weighted by Crippen LogP contribution is 2.33. The fourth-order valence-corrected chi connectivity index (χ4v) is 2.48. The monoisotopic (exact) mass is 301 g/mol. The molecule has 0 aliphatic heterocycles. The highest BCUT2D eigenvalue weighted by molar-refractivity contribution is 5.92. The summed E-state index contributed by atoms with van der Waals surface area (Å²) in [7, 11) is 0. The number of rotatable bonds is 4. The van der Waals surface area contributed by atoms with Crippen LogP contribution >= 0.6 is 0 Å². The van der Waals surface area contributed by atoms with E-state index < -0.39 is 0 Å². The average Bonchev–Trinajstić information content (AvgIpc) is 3.01.